The summed E-state index contributed by atoms with van der Waals surface area (Å²) < 4.78 is 38.7. The van der Waals surface area contributed by atoms with Crippen LogP contribution >= 0.6 is 0 Å². The Morgan fingerprint density at radius 1 is 0.510 bits per heavy atom. The zero-order valence-corrected chi connectivity index (χ0v) is 32.2. The summed E-state index contributed by atoms with van der Waals surface area (Å²) >= 11 is 0. The van der Waals surface area contributed by atoms with Crippen LogP contribution in [0.3, 0.4) is 0 Å². The molecule has 0 saturated carbocycles. The van der Waals surface area contributed by atoms with Crippen LogP contribution in [0.25, 0.3) is 0 Å². The van der Waals surface area contributed by atoms with Crippen LogP contribution in [0.2, 0.25) is 0 Å². The standard InChI is InChI=1S/C37H74N6O6/c1-7-13-26-44-32(37(48-30-17-11-5,49-31-18-12-6)43-35-41-33(38)40-34(39)42-35)24-22-20-19-21-23-25-36(45-27-14-8-2,46-28-15-9-3)47-29-16-10-4/h32H,7-31H2,1-6H3,(H5,38,39,40,41,42,43). The summed E-state index contributed by atoms with van der Waals surface area (Å²) in [6.45, 7) is 16.5. The van der Waals surface area contributed by atoms with Crippen molar-refractivity contribution >= 4 is 17.8 Å². The van der Waals surface area contributed by atoms with Crippen LogP contribution in [0.1, 0.15) is 164 Å². The Morgan fingerprint density at radius 3 is 1.39 bits per heavy atom. The average molecular weight is 699 g/mol. The molecule has 0 fully saturated rings. The third kappa shape index (κ3) is 20.0. The maximum atomic E-state index is 6.57. The zero-order chi connectivity index (χ0) is 36.1. The lowest BCUT2D eigenvalue weighted by Crippen LogP contribution is -2.56. The number of nitrogens with one attached hydrogen (secondary N) is 1. The Kier molecular flexibility index (Phi) is 26.6. The van der Waals surface area contributed by atoms with Crippen molar-refractivity contribution in [3.8, 4) is 0 Å². The first-order valence-electron chi connectivity index (χ1n) is 19.7. The monoisotopic (exact) mass is 699 g/mol. The molecule has 0 bridgehead atoms. The van der Waals surface area contributed by atoms with Gasteiger partial charge in [-0.2, -0.15) is 15.0 Å². The van der Waals surface area contributed by atoms with Gasteiger partial charge in [-0.1, -0.05) is 106 Å². The first-order valence-corrected chi connectivity index (χ1v) is 19.7. The van der Waals surface area contributed by atoms with E-state index in [-0.39, 0.29) is 17.8 Å². The molecule has 49 heavy (non-hydrogen) atoms. The number of nitrogens with zero attached hydrogens (tertiary/aromatic N) is 3. The third-order valence-corrected chi connectivity index (χ3v) is 8.23. The number of unbranched alkanes of at least 4 members (excludes halogenated alkanes) is 10. The molecule has 0 aromatic carbocycles. The van der Waals surface area contributed by atoms with Gasteiger partial charge in [0.05, 0.1) is 33.0 Å². The van der Waals surface area contributed by atoms with E-state index in [2.05, 4.69) is 61.8 Å². The quantitative estimate of drug-likeness (QED) is 0.0458. The van der Waals surface area contributed by atoms with Gasteiger partial charge in [0.15, 0.2) is 0 Å². The number of rotatable bonds is 35. The summed E-state index contributed by atoms with van der Waals surface area (Å²) in [6.07, 6.45) is 18.0. The first kappa shape index (κ1) is 45.2. The highest BCUT2D eigenvalue weighted by Gasteiger charge is 2.43. The summed E-state index contributed by atoms with van der Waals surface area (Å²) in [5, 5.41) is 3.33. The molecule has 1 heterocycles. The molecular formula is C37H74N6O6. The molecule has 0 spiro atoms. The second kappa shape index (κ2) is 28.8. The van der Waals surface area contributed by atoms with E-state index in [1.807, 2.05) is 0 Å². The predicted octanol–water partition coefficient (Wildman–Crippen LogP) is 8.76. The van der Waals surface area contributed by atoms with Gasteiger partial charge in [0.2, 0.25) is 17.8 Å². The number of aromatic nitrogens is 3. The van der Waals surface area contributed by atoms with Gasteiger partial charge >= 0.3 is 0 Å². The smallest absolute Gasteiger partial charge is 0.282 e. The molecule has 1 rings (SSSR count). The van der Waals surface area contributed by atoms with E-state index >= 15 is 0 Å². The fraction of sp³-hybridized carbons (Fsp3) is 0.919. The molecule has 12 heteroatoms. The molecule has 288 valence electrons. The molecule has 0 saturated heterocycles. The number of nitrogens with two attached hydrogens (primary N) is 2. The van der Waals surface area contributed by atoms with Crippen molar-refractivity contribution in [2.24, 2.45) is 0 Å². The normalized spacial score (nSPS) is 12.9. The van der Waals surface area contributed by atoms with Crippen LogP contribution in [0, 0.1) is 0 Å². The number of hydrogen-bond donors (Lipinski definition) is 3. The summed E-state index contributed by atoms with van der Waals surface area (Å²) in [4.78, 5) is 12.5. The SMILES string of the molecule is CCCCOC(CCCCCCCC(OCCCC)(OCCCC)OCCCC)C(Nc1nc(N)nc(N)n1)(OCCCC)OCCCC. The highest BCUT2D eigenvalue weighted by molar-refractivity contribution is 5.38. The van der Waals surface area contributed by atoms with E-state index in [0.29, 0.717) is 39.6 Å². The Labute approximate surface area is 298 Å². The summed E-state index contributed by atoms with van der Waals surface area (Å²) in [6, 6.07) is 0. The summed E-state index contributed by atoms with van der Waals surface area (Å²) in [7, 11) is 0. The molecule has 1 aromatic heterocycles. The Morgan fingerprint density at radius 2 is 0.918 bits per heavy atom. The minimum Gasteiger partial charge on any atom is -0.370 e. The lowest BCUT2D eigenvalue weighted by molar-refractivity contribution is -0.384. The van der Waals surface area contributed by atoms with Crippen LogP contribution in [0.4, 0.5) is 17.8 Å². The van der Waals surface area contributed by atoms with E-state index in [0.717, 1.165) is 122 Å². The molecule has 1 atom stereocenters. The van der Waals surface area contributed by atoms with Gasteiger partial charge in [0.25, 0.3) is 11.9 Å². The van der Waals surface area contributed by atoms with Crippen LogP contribution in [-0.4, -0.2) is 72.6 Å². The molecule has 1 unspecified atom stereocenters. The lowest BCUT2D eigenvalue weighted by Gasteiger charge is -2.40. The molecule has 0 aliphatic rings. The predicted molar refractivity (Wildman–Crippen MR) is 199 cm³/mol. The Bertz CT molecular complexity index is 857. The van der Waals surface area contributed by atoms with Gasteiger partial charge < -0.3 is 45.2 Å². The van der Waals surface area contributed by atoms with Gasteiger partial charge in [0.1, 0.15) is 6.10 Å². The molecule has 5 N–H and O–H groups in total. The van der Waals surface area contributed by atoms with E-state index in [1.165, 1.54) is 0 Å². The second-order valence-corrected chi connectivity index (χ2v) is 12.9. The molecular weight excluding hydrogens is 624 g/mol. The van der Waals surface area contributed by atoms with Crippen molar-refractivity contribution in [2.45, 2.75) is 182 Å². The van der Waals surface area contributed by atoms with Crippen LogP contribution in [-0.2, 0) is 28.4 Å². The maximum Gasteiger partial charge on any atom is 0.282 e. The van der Waals surface area contributed by atoms with Gasteiger partial charge in [-0.3, -0.25) is 0 Å². The first-order chi connectivity index (χ1) is 23.8. The molecule has 0 aliphatic carbocycles. The highest BCUT2D eigenvalue weighted by Crippen LogP contribution is 2.30. The van der Waals surface area contributed by atoms with Crippen molar-refractivity contribution in [1.29, 1.82) is 0 Å². The fourth-order valence-electron chi connectivity index (χ4n) is 5.15. The number of ether oxygens (including phenoxy) is 6. The van der Waals surface area contributed by atoms with Crippen molar-refractivity contribution < 1.29 is 28.4 Å². The van der Waals surface area contributed by atoms with Crippen LogP contribution in [0.5, 0.6) is 0 Å². The number of nitrogen functional groups attached to an aromatic ring is 2. The fourth-order valence-corrected chi connectivity index (χ4v) is 5.15. The van der Waals surface area contributed by atoms with E-state index < -0.39 is 18.0 Å². The number of hydrogen-bond acceptors (Lipinski definition) is 12. The maximum absolute atomic E-state index is 6.57. The molecule has 12 nitrogen and oxygen atoms in total. The van der Waals surface area contributed by atoms with E-state index in [9.17, 15) is 0 Å². The van der Waals surface area contributed by atoms with Crippen molar-refractivity contribution in [3.63, 3.8) is 0 Å². The topological polar surface area (TPSA) is 158 Å². The Balaban J connectivity index is 3.03. The summed E-state index contributed by atoms with van der Waals surface area (Å²) in [5.74, 6) is -1.99. The van der Waals surface area contributed by atoms with Crippen LogP contribution in [0.15, 0.2) is 0 Å². The number of anilines is 3. The minimum absolute atomic E-state index is 0.0285. The molecule has 1 aromatic rings. The lowest BCUT2D eigenvalue weighted by atomic mass is 10.0. The van der Waals surface area contributed by atoms with Crippen molar-refractivity contribution in [1.82, 2.24) is 15.0 Å². The molecule has 0 aliphatic heterocycles. The highest BCUT2D eigenvalue weighted by atomic mass is 16.9. The second-order valence-electron chi connectivity index (χ2n) is 12.9. The average Bonchev–Trinajstić information content (AvgIpc) is 3.07. The van der Waals surface area contributed by atoms with Crippen LogP contribution < -0.4 is 16.8 Å². The third-order valence-electron chi connectivity index (χ3n) is 8.23. The molecule has 0 radical (unpaired) electrons. The zero-order valence-electron chi connectivity index (χ0n) is 32.2. The Hall–Kier alpha value is -1.83. The van der Waals surface area contributed by atoms with Crippen molar-refractivity contribution in [3.05, 3.63) is 0 Å². The minimum atomic E-state index is -1.31. The van der Waals surface area contributed by atoms with Crippen molar-refractivity contribution in [2.75, 3.05) is 56.4 Å². The van der Waals surface area contributed by atoms with E-state index in [1.54, 1.807) is 0 Å². The molecule has 0 amide bonds. The van der Waals surface area contributed by atoms with Gasteiger partial charge in [0, 0.05) is 13.0 Å². The summed E-state index contributed by atoms with van der Waals surface area (Å²) in [5.41, 5.74) is 11.9. The van der Waals surface area contributed by atoms with Gasteiger partial charge in [-0.15, -0.1) is 0 Å². The largest absolute Gasteiger partial charge is 0.370 e. The van der Waals surface area contributed by atoms with E-state index in [4.69, 9.17) is 39.9 Å². The van der Waals surface area contributed by atoms with Gasteiger partial charge in [-0.05, 0) is 51.4 Å². The van der Waals surface area contributed by atoms with Gasteiger partial charge in [-0.25, -0.2) is 0 Å².